The smallest absolute Gasteiger partial charge is 0.243 e. The van der Waals surface area contributed by atoms with E-state index in [1.54, 1.807) is 12.1 Å². The minimum Gasteiger partial charge on any atom is -0.355 e. The molecule has 0 heterocycles. The minimum atomic E-state index is -3.90. The van der Waals surface area contributed by atoms with Crippen molar-refractivity contribution >= 4 is 37.8 Å². The van der Waals surface area contributed by atoms with Crippen molar-refractivity contribution in [3.8, 4) is 0 Å². The van der Waals surface area contributed by atoms with Crippen LogP contribution in [-0.4, -0.2) is 55.6 Å². The maximum Gasteiger partial charge on any atom is 0.243 e. The van der Waals surface area contributed by atoms with Gasteiger partial charge in [-0.2, -0.15) is 4.31 Å². The number of likely N-dealkylation sites (N-methyl/N-ethyl adjacent to an activating group) is 2. The van der Waals surface area contributed by atoms with Gasteiger partial charge in [0.1, 0.15) is 6.04 Å². The quantitative estimate of drug-likeness (QED) is 0.366. The van der Waals surface area contributed by atoms with Crippen molar-refractivity contribution in [2.45, 2.75) is 37.8 Å². The first kappa shape index (κ1) is 28.6. The Hall–Kier alpha value is -3.01. The van der Waals surface area contributed by atoms with Gasteiger partial charge in [0.05, 0.1) is 11.4 Å². The number of hydrogen-bond donors (Lipinski definition) is 1. The molecule has 0 aliphatic rings. The van der Waals surface area contributed by atoms with Gasteiger partial charge < -0.3 is 10.2 Å². The summed E-state index contributed by atoms with van der Waals surface area (Å²) >= 11 is 3.46. The summed E-state index contributed by atoms with van der Waals surface area (Å²) in [6.45, 7) is 3.84. The Morgan fingerprint density at radius 3 is 2.22 bits per heavy atom. The molecule has 3 rings (SSSR count). The van der Waals surface area contributed by atoms with Gasteiger partial charge in [-0.15, -0.1) is 0 Å². The Morgan fingerprint density at radius 1 is 0.946 bits per heavy atom. The van der Waals surface area contributed by atoms with Crippen molar-refractivity contribution in [3.63, 3.8) is 0 Å². The maximum atomic E-state index is 13.7. The Bertz CT molecular complexity index is 1310. The van der Waals surface area contributed by atoms with Crippen LogP contribution in [0.25, 0.3) is 0 Å². The van der Waals surface area contributed by atoms with Crippen LogP contribution in [-0.2, 0) is 32.6 Å². The second kappa shape index (κ2) is 13.0. The van der Waals surface area contributed by atoms with Crippen molar-refractivity contribution in [2.24, 2.45) is 0 Å². The molecular formula is C28H32BrN3O4S. The zero-order valence-corrected chi connectivity index (χ0v) is 23.6. The van der Waals surface area contributed by atoms with Gasteiger partial charge in [0, 0.05) is 31.0 Å². The molecule has 2 amide bonds. The molecule has 7 nitrogen and oxygen atoms in total. The van der Waals surface area contributed by atoms with Crippen LogP contribution >= 0.6 is 15.9 Å². The fraction of sp³-hybridized carbons (Fsp3) is 0.286. The third-order valence-electron chi connectivity index (χ3n) is 5.95. The molecule has 0 saturated heterocycles. The number of hydrogen-bond acceptors (Lipinski definition) is 4. The third kappa shape index (κ3) is 7.74. The Morgan fingerprint density at radius 2 is 1.59 bits per heavy atom. The monoisotopic (exact) mass is 585 g/mol. The molecule has 0 aliphatic carbocycles. The van der Waals surface area contributed by atoms with Crippen LogP contribution in [0.1, 0.15) is 23.6 Å². The molecule has 196 valence electrons. The van der Waals surface area contributed by atoms with Crippen LogP contribution in [0.5, 0.6) is 0 Å². The zero-order valence-electron chi connectivity index (χ0n) is 21.2. The van der Waals surface area contributed by atoms with E-state index in [2.05, 4.69) is 21.2 Å². The Kier molecular flexibility index (Phi) is 10.0. The normalized spacial score (nSPS) is 12.2. The summed E-state index contributed by atoms with van der Waals surface area (Å²) in [5.74, 6) is -0.760. The standard InChI is InChI=1S/C28H32BrN3O4S/c1-4-30-28(34)26(18-22-9-6-5-7-10-22)32(19-23-11-8-12-24(29)17-23)27(33)20-31(3)37(35,36)25-15-13-21(2)14-16-25/h5-17,26H,4,18-20H2,1-3H3,(H,30,34)/t26-/m0/s1. The number of aryl methyl sites for hydroxylation is 1. The number of amides is 2. The number of carbonyl (C=O) groups excluding carboxylic acids is 2. The largest absolute Gasteiger partial charge is 0.355 e. The van der Waals surface area contributed by atoms with E-state index in [-0.39, 0.29) is 17.3 Å². The van der Waals surface area contributed by atoms with E-state index >= 15 is 0 Å². The number of halogens is 1. The lowest BCUT2D eigenvalue weighted by Gasteiger charge is -2.32. The fourth-order valence-electron chi connectivity index (χ4n) is 3.93. The summed E-state index contributed by atoms with van der Waals surface area (Å²) in [6.07, 6.45) is 0.293. The molecule has 0 bridgehead atoms. The predicted molar refractivity (Wildman–Crippen MR) is 148 cm³/mol. The number of rotatable bonds is 11. The number of nitrogens with zero attached hydrogens (tertiary/aromatic N) is 2. The molecule has 3 aromatic carbocycles. The second-order valence-electron chi connectivity index (χ2n) is 8.83. The lowest BCUT2D eigenvalue weighted by molar-refractivity contribution is -0.141. The molecule has 0 spiro atoms. The van der Waals surface area contributed by atoms with Crippen molar-refractivity contribution in [1.82, 2.24) is 14.5 Å². The van der Waals surface area contributed by atoms with Crippen molar-refractivity contribution in [3.05, 3.63) is 100 Å². The van der Waals surface area contributed by atoms with E-state index in [0.29, 0.717) is 13.0 Å². The highest BCUT2D eigenvalue weighted by molar-refractivity contribution is 9.10. The SMILES string of the molecule is CCNC(=O)[C@H](Cc1ccccc1)N(Cc1cccc(Br)c1)C(=O)CN(C)S(=O)(=O)c1ccc(C)cc1. The molecule has 0 radical (unpaired) electrons. The summed E-state index contributed by atoms with van der Waals surface area (Å²) in [5.41, 5.74) is 2.64. The van der Waals surface area contributed by atoms with Crippen molar-refractivity contribution in [1.29, 1.82) is 0 Å². The topological polar surface area (TPSA) is 86.8 Å². The minimum absolute atomic E-state index is 0.108. The van der Waals surface area contributed by atoms with E-state index < -0.39 is 28.5 Å². The summed E-state index contributed by atoms with van der Waals surface area (Å²) in [7, 11) is -2.52. The van der Waals surface area contributed by atoms with E-state index in [0.717, 1.165) is 25.5 Å². The van der Waals surface area contributed by atoms with Crippen molar-refractivity contribution < 1.29 is 18.0 Å². The highest BCUT2D eigenvalue weighted by atomic mass is 79.9. The number of sulfonamides is 1. The molecule has 3 aromatic rings. The first-order valence-corrected chi connectivity index (χ1v) is 14.2. The summed E-state index contributed by atoms with van der Waals surface area (Å²) in [6, 6.07) is 22.6. The van der Waals surface area contributed by atoms with E-state index in [1.165, 1.54) is 24.1 Å². The summed E-state index contributed by atoms with van der Waals surface area (Å²) in [4.78, 5) is 28.6. The van der Waals surface area contributed by atoms with Crippen LogP contribution in [0.15, 0.2) is 88.2 Å². The molecular weight excluding hydrogens is 554 g/mol. The van der Waals surface area contributed by atoms with Gasteiger partial charge in [0.15, 0.2) is 0 Å². The van der Waals surface area contributed by atoms with Crippen LogP contribution in [0.4, 0.5) is 0 Å². The molecule has 0 unspecified atom stereocenters. The highest BCUT2D eigenvalue weighted by Gasteiger charge is 2.32. The first-order valence-electron chi connectivity index (χ1n) is 12.0. The Labute approximate surface area is 227 Å². The van der Waals surface area contributed by atoms with Gasteiger partial charge in [-0.3, -0.25) is 9.59 Å². The van der Waals surface area contributed by atoms with Gasteiger partial charge in [-0.25, -0.2) is 8.42 Å². The van der Waals surface area contributed by atoms with E-state index in [1.807, 2.05) is 68.4 Å². The van der Waals surface area contributed by atoms with Gasteiger partial charge in [-0.1, -0.05) is 76.1 Å². The van der Waals surface area contributed by atoms with E-state index in [4.69, 9.17) is 0 Å². The van der Waals surface area contributed by atoms with Gasteiger partial charge in [0.2, 0.25) is 21.8 Å². The molecule has 9 heteroatoms. The van der Waals surface area contributed by atoms with Gasteiger partial charge >= 0.3 is 0 Å². The van der Waals surface area contributed by atoms with Crippen LogP contribution in [0, 0.1) is 6.92 Å². The van der Waals surface area contributed by atoms with Crippen molar-refractivity contribution in [2.75, 3.05) is 20.1 Å². The molecule has 0 saturated carbocycles. The average molecular weight is 587 g/mol. The average Bonchev–Trinajstić information content (AvgIpc) is 2.87. The van der Waals surface area contributed by atoms with Gasteiger partial charge in [0.25, 0.3) is 0 Å². The molecule has 0 aromatic heterocycles. The first-order chi connectivity index (χ1) is 17.6. The summed E-state index contributed by atoms with van der Waals surface area (Å²) in [5, 5.41) is 2.84. The molecule has 37 heavy (non-hydrogen) atoms. The number of benzene rings is 3. The fourth-order valence-corrected chi connectivity index (χ4v) is 5.50. The number of carbonyl (C=O) groups is 2. The highest BCUT2D eigenvalue weighted by Crippen LogP contribution is 2.20. The van der Waals surface area contributed by atoms with E-state index in [9.17, 15) is 18.0 Å². The maximum absolute atomic E-state index is 13.7. The molecule has 1 N–H and O–H groups in total. The van der Waals surface area contributed by atoms with Gasteiger partial charge in [-0.05, 0) is 49.2 Å². The van der Waals surface area contributed by atoms with Crippen LogP contribution in [0.3, 0.4) is 0 Å². The molecule has 0 aliphatic heterocycles. The van der Waals surface area contributed by atoms with Crippen LogP contribution < -0.4 is 5.32 Å². The number of nitrogens with one attached hydrogen (secondary N) is 1. The van der Waals surface area contributed by atoms with Crippen LogP contribution in [0.2, 0.25) is 0 Å². The lowest BCUT2D eigenvalue weighted by atomic mass is 10.0. The predicted octanol–water partition coefficient (Wildman–Crippen LogP) is 4.15. The Balaban J connectivity index is 1.95. The second-order valence-corrected chi connectivity index (χ2v) is 11.8. The lowest BCUT2D eigenvalue weighted by Crippen LogP contribution is -2.53. The third-order valence-corrected chi connectivity index (χ3v) is 8.26. The zero-order chi connectivity index (χ0) is 27.0. The molecule has 0 fully saturated rings. The molecule has 1 atom stereocenters. The summed E-state index contributed by atoms with van der Waals surface area (Å²) < 4.78 is 28.2.